The van der Waals surface area contributed by atoms with Crippen LogP contribution in [0.25, 0.3) is 0 Å². The van der Waals surface area contributed by atoms with Crippen LogP contribution >= 0.6 is 0 Å². The van der Waals surface area contributed by atoms with Crippen molar-refractivity contribution in [2.75, 3.05) is 19.8 Å². The van der Waals surface area contributed by atoms with Crippen molar-refractivity contribution in [3.8, 4) is 17.2 Å². The number of hydrogen-bond acceptors (Lipinski definition) is 5. The summed E-state index contributed by atoms with van der Waals surface area (Å²) in [6.07, 6.45) is 16.6. The van der Waals surface area contributed by atoms with Crippen molar-refractivity contribution < 1.29 is 23.7 Å². The summed E-state index contributed by atoms with van der Waals surface area (Å²) in [6.45, 7) is 4.61. The van der Waals surface area contributed by atoms with Crippen LogP contribution < -0.4 is 14.2 Å². The van der Waals surface area contributed by atoms with Crippen molar-refractivity contribution in [1.82, 2.24) is 0 Å². The molecule has 0 N–H and O–H groups in total. The topological polar surface area (TPSA) is 57.3 Å². The van der Waals surface area contributed by atoms with Gasteiger partial charge in [-0.05, 0) is 67.8 Å². The Kier molecular flexibility index (Phi) is 13.3. The summed E-state index contributed by atoms with van der Waals surface area (Å²) >= 11 is 0. The molecule has 1 saturated heterocycles. The number of unbranched alkanes of at least 4 members (excludes halogenated alkanes) is 10. The molecule has 3 rings (SSSR count). The lowest BCUT2D eigenvalue weighted by Gasteiger charge is -2.09. The Morgan fingerprint density at radius 2 is 1.17 bits per heavy atom. The molecule has 198 valence electrons. The molecule has 36 heavy (non-hydrogen) atoms. The van der Waals surface area contributed by atoms with Gasteiger partial charge in [0.2, 0.25) is 0 Å². The van der Waals surface area contributed by atoms with E-state index in [0.717, 1.165) is 37.6 Å². The molecule has 1 heterocycles. The minimum absolute atomic E-state index is 0.381. The van der Waals surface area contributed by atoms with E-state index < -0.39 is 0 Å². The molecule has 1 unspecified atom stereocenters. The zero-order chi connectivity index (χ0) is 25.3. The molecule has 0 saturated carbocycles. The second kappa shape index (κ2) is 17.0. The Balaban J connectivity index is 1.25. The molecular formula is C31H44O5. The highest BCUT2D eigenvalue weighted by Crippen LogP contribution is 2.21. The van der Waals surface area contributed by atoms with Crippen molar-refractivity contribution in [1.29, 1.82) is 0 Å². The number of carbonyl (C=O) groups excluding carboxylic acids is 1. The first-order valence-electron chi connectivity index (χ1n) is 14.0. The van der Waals surface area contributed by atoms with Crippen LogP contribution in [0.15, 0.2) is 48.5 Å². The summed E-state index contributed by atoms with van der Waals surface area (Å²) in [4.78, 5) is 12.5. The quantitative estimate of drug-likeness (QED) is 0.0801. The molecule has 1 fully saturated rings. The van der Waals surface area contributed by atoms with Crippen LogP contribution in [0.3, 0.4) is 0 Å². The largest absolute Gasteiger partial charge is 0.494 e. The molecule has 5 nitrogen and oxygen atoms in total. The average Bonchev–Trinajstić information content (AvgIpc) is 3.73. The Morgan fingerprint density at radius 3 is 1.72 bits per heavy atom. The molecule has 0 radical (unpaired) electrons. The van der Waals surface area contributed by atoms with Gasteiger partial charge in [0.15, 0.2) is 0 Å². The van der Waals surface area contributed by atoms with Gasteiger partial charge in [0.1, 0.15) is 17.2 Å². The molecule has 1 aliphatic heterocycles. The van der Waals surface area contributed by atoms with Crippen molar-refractivity contribution in [2.24, 2.45) is 0 Å². The molecule has 0 aliphatic carbocycles. The van der Waals surface area contributed by atoms with E-state index in [1.54, 1.807) is 24.3 Å². The first kappa shape index (κ1) is 28.0. The molecule has 0 spiro atoms. The van der Waals surface area contributed by atoms with Gasteiger partial charge in [-0.3, -0.25) is 0 Å². The lowest BCUT2D eigenvalue weighted by molar-refractivity contribution is 0.0734. The maximum Gasteiger partial charge on any atom is 0.343 e. The van der Waals surface area contributed by atoms with Gasteiger partial charge in [-0.1, -0.05) is 71.1 Å². The molecule has 2 aromatic rings. The molecule has 5 heteroatoms. The number of hydrogen-bond donors (Lipinski definition) is 0. The Labute approximate surface area is 217 Å². The van der Waals surface area contributed by atoms with E-state index in [-0.39, 0.29) is 5.97 Å². The maximum atomic E-state index is 12.5. The summed E-state index contributed by atoms with van der Waals surface area (Å²) in [6, 6.07) is 14.4. The van der Waals surface area contributed by atoms with Crippen molar-refractivity contribution in [3.63, 3.8) is 0 Å². The van der Waals surface area contributed by atoms with E-state index >= 15 is 0 Å². The van der Waals surface area contributed by atoms with Gasteiger partial charge in [-0.2, -0.15) is 0 Å². The molecule has 1 atom stereocenters. The molecule has 2 aromatic carbocycles. The first-order chi connectivity index (χ1) is 17.7. The molecule has 0 aromatic heterocycles. The van der Waals surface area contributed by atoms with Gasteiger partial charge in [0.05, 0.1) is 31.5 Å². The van der Waals surface area contributed by atoms with Crippen molar-refractivity contribution in [2.45, 2.75) is 96.5 Å². The van der Waals surface area contributed by atoms with Gasteiger partial charge < -0.3 is 18.9 Å². The Bertz CT molecular complexity index is 842. The molecular weight excluding hydrogens is 452 g/mol. The third kappa shape index (κ3) is 11.9. The summed E-state index contributed by atoms with van der Waals surface area (Å²) < 4.78 is 22.4. The van der Waals surface area contributed by atoms with E-state index in [1.165, 1.54) is 70.6 Å². The minimum Gasteiger partial charge on any atom is -0.494 e. The van der Waals surface area contributed by atoms with Crippen LogP contribution in [0.2, 0.25) is 0 Å². The smallest absolute Gasteiger partial charge is 0.343 e. The van der Waals surface area contributed by atoms with E-state index in [1.807, 2.05) is 24.3 Å². The minimum atomic E-state index is -0.381. The predicted molar refractivity (Wildman–Crippen MR) is 144 cm³/mol. The molecule has 1 aliphatic rings. The number of carbonyl (C=O) groups is 1. The summed E-state index contributed by atoms with van der Waals surface area (Å²) in [5.41, 5.74) is 0.500. The summed E-state index contributed by atoms with van der Waals surface area (Å²) in [5, 5.41) is 0. The normalized spacial score (nSPS) is 14.4. The molecule has 0 bridgehead atoms. The van der Waals surface area contributed by atoms with Crippen molar-refractivity contribution >= 4 is 5.97 Å². The van der Waals surface area contributed by atoms with E-state index in [9.17, 15) is 4.79 Å². The van der Waals surface area contributed by atoms with Crippen LogP contribution in [-0.4, -0.2) is 31.9 Å². The van der Waals surface area contributed by atoms with Gasteiger partial charge in [-0.15, -0.1) is 0 Å². The fourth-order valence-electron chi connectivity index (χ4n) is 4.14. The highest BCUT2D eigenvalue weighted by atomic mass is 16.6. The standard InChI is InChI=1S/C31H44O5/c1-2-3-4-5-6-7-9-12-23-34-28-19-21-29(22-20-28)36-31(32)26-15-17-27(18-16-26)33-24-13-10-8-11-14-30-25-35-30/h15-22,30H,2-14,23-25H2,1H3. The number of benzene rings is 2. The number of epoxide rings is 1. The van der Waals surface area contributed by atoms with Crippen LogP contribution in [0.5, 0.6) is 17.2 Å². The number of ether oxygens (including phenoxy) is 4. The zero-order valence-corrected chi connectivity index (χ0v) is 22.1. The fourth-order valence-corrected chi connectivity index (χ4v) is 4.14. The van der Waals surface area contributed by atoms with Gasteiger partial charge in [-0.25, -0.2) is 4.79 Å². The Morgan fingerprint density at radius 1 is 0.694 bits per heavy atom. The number of esters is 1. The van der Waals surface area contributed by atoms with E-state index in [4.69, 9.17) is 18.9 Å². The summed E-state index contributed by atoms with van der Waals surface area (Å²) in [5.74, 6) is 1.70. The number of rotatable bonds is 20. The highest BCUT2D eigenvalue weighted by molar-refractivity contribution is 5.91. The zero-order valence-electron chi connectivity index (χ0n) is 22.1. The predicted octanol–water partition coefficient (Wildman–Crippen LogP) is 8.15. The van der Waals surface area contributed by atoms with Gasteiger partial charge >= 0.3 is 5.97 Å². The lowest BCUT2D eigenvalue weighted by Crippen LogP contribution is -2.08. The second-order valence-corrected chi connectivity index (χ2v) is 9.72. The van der Waals surface area contributed by atoms with Crippen LogP contribution in [0, 0.1) is 0 Å². The third-order valence-electron chi connectivity index (χ3n) is 6.48. The SMILES string of the molecule is CCCCCCCCCCOc1ccc(OC(=O)c2ccc(OCCCCCCC3CO3)cc2)cc1. The fraction of sp³-hybridized carbons (Fsp3) is 0.581. The summed E-state index contributed by atoms with van der Waals surface area (Å²) in [7, 11) is 0. The van der Waals surface area contributed by atoms with Crippen LogP contribution in [0.1, 0.15) is 101 Å². The Hall–Kier alpha value is -2.53. The highest BCUT2D eigenvalue weighted by Gasteiger charge is 2.20. The average molecular weight is 497 g/mol. The van der Waals surface area contributed by atoms with E-state index in [0.29, 0.717) is 24.0 Å². The maximum absolute atomic E-state index is 12.5. The second-order valence-electron chi connectivity index (χ2n) is 9.72. The third-order valence-corrected chi connectivity index (χ3v) is 6.48. The monoisotopic (exact) mass is 496 g/mol. The lowest BCUT2D eigenvalue weighted by atomic mass is 10.1. The van der Waals surface area contributed by atoms with E-state index in [2.05, 4.69) is 6.92 Å². The van der Waals surface area contributed by atoms with Gasteiger partial charge in [0, 0.05) is 0 Å². The van der Waals surface area contributed by atoms with Gasteiger partial charge in [0.25, 0.3) is 0 Å². The van der Waals surface area contributed by atoms with Crippen molar-refractivity contribution in [3.05, 3.63) is 54.1 Å². The molecule has 0 amide bonds. The van der Waals surface area contributed by atoms with Crippen LogP contribution in [0.4, 0.5) is 0 Å². The van der Waals surface area contributed by atoms with Crippen LogP contribution in [-0.2, 0) is 4.74 Å². The first-order valence-corrected chi connectivity index (χ1v) is 14.0.